The standard InChI is InChI=1S/C41H60N8O10/c1-8-31-38(54)48-34(40(57)58)26(5)36(52)46-29(15-12-20-44-41(42)43)37(53)45-28(25(4)35(51)47-30(39(55)56)18-19-33(50)49(31)6)17-16-23(2)21-24(3)32(59-7)22-27-13-10-9-11-14-27/h8-11,13-14,16-17,21,24-26,28-30,32,34H,12,15,18-20,22H2,1-7H3,(H,45,53)(H,46,52)(H,47,51)(H,48,54)(H,55,56)(H,57,58)(H4,42,43,44)/t24-,25-,26-,28-,29-,30+,32-,34+/m0/s1. The maximum absolute atomic E-state index is 14.1. The first-order chi connectivity index (χ1) is 27.8. The average molecular weight is 825 g/mol. The van der Waals surface area contributed by atoms with Gasteiger partial charge in [0.15, 0.2) is 5.96 Å². The molecule has 1 fully saturated rings. The number of hydrogen-bond acceptors (Lipinski definition) is 9. The van der Waals surface area contributed by atoms with Crippen LogP contribution in [0.3, 0.4) is 0 Å². The minimum Gasteiger partial charge on any atom is -0.480 e. The zero-order chi connectivity index (χ0) is 44.4. The van der Waals surface area contributed by atoms with Gasteiger partial charge in [-0.2, -0.15) is 0 Å². The molecule has 10 N–H and O–H groups in total. The van der Waals surface area contributed by atoms with E-state index in [2.05, 4.69) is 26.3 Å². The van der Waals surface area contributed by atoms with E-state index in [1.807, 2.05) is 50.3 Å². The van der Waals surface area contributed by atoms with Gasteiger partial charge in [0.05, 0.1) is 24.0 Å². The molecule has 18 nitrogen and oxygen atoms in total. The summed E-state index contributed by atoms with van der Waals surface area (Å²) in [5.41, 5.74) is 12.5. The molecule has 0 aliphatic carbocycles. The Kier molecular flexibility index (Phi) is 20.0. The van der Waals surface area contributed by atoms with Crippen molar-refractivity contribution < 1.29 is 48.5 Å². The fourth-order valence-corrected chi connectivity index (χ4v) is 6.38. The molecule has 324 valence electrons. The first-order valence-corrected chi connectivity index (χ1v) is 19.4. The van der Waals surface area contributed by atoms with Crippen LogP contribution in [-0.4, -0.2) is 114 Å². The Morgan fingerprint density at radius 1 is 0.966 bits per heavy atom. The van der Waals surface area contributed by atoms with Crippen LogP contribution in [0.25, 0.3) is 0 Å². The summed E-state index contributed by atoms with van der Waals surface area (Å²) in [5.74, 6) is -9.91. The molecule has 5 amide bonds. The van der Waals surface area contributed by atoms with Crippen molar-refractivity contribution in [2.75, 3.05) is 20.7 Å². The summed E-state index contributed by atoms with van der Waals surface area (Å²) in [6.45, 7) is 8.07. The van der Waals surface area contributed by atoms with Gasteiger partial charge in [0.1, 0.15) is 23.8 Å². The van der Waals surface area contributed by atoms with Gasteiger partial charge in [-0.05, 0) is 45.1 Å². The molecule has 18 heteroatoms. The van der Waals surface area contributed by atoms with E-state index in [1.54, 1.807) is 19.3 Å². The summed E-state index contributed by atoms with van der Waals surface area (Å²) in [6.07, 6.45) is 6.35. The Hall–Kier alpha value is -6.04. The molecular formula is C41H60N8O10. The van der Waals surface area contributed by atoms with Crippen molar-refractivity contribution in [3.05, 3.63) is 71.5 Å². The highest BCUT2D eigenvalue weighted by Gasteiger charge is 2.36. The lowest BCUT2D eigenvalue weighted by Crippen LogP contribution is -2.56. The zero-order valence-corrected chi connectivity index (χ0v) is 34.8. The monoisotopic (exact) mass is 824 g/mol. The van der Waals surface area contributed by atoms with Crippen LogP contribution >= 0.6 is 0 Å². The Labute approximate surface area is 344 Å². The molecule has 8 atom stereocenters. The number of carbonyl (C=O) groups excluding carboxylic acids is 5. The van der Waals surface area contributed by atoms with Gasteiger partial charge < -0.3 is 52.6 Å². The lowest BCUT2D eigenvalue weighted by atomic mass is 9.94. The smallest absolute Gasteiger partial charge is 0.327 e. The van der Waals surface area contributed by atoms with E-state index in [4.69, 9.17) is 16.2 Å². The number of allylic oxidation sites excluding steroid dienone is 3. The van der Waals surface area contributed by atoms with E-state index in [9.17, 15) is 43.8 Å². The number of aliphatic imine (C=N–C) groups is 1. The van der Waals surface area contributed by atoms with Crippen molar-refractivity contribution in [3.63, 3.8) is 0 Å². The van der Waals surface area contributed by atoms with Crippen molar-refractivity contribution in [1.82, 2.24) is 26.2 Å². The van der Waals surface area contributed by atoms with E-state index in [-0.39, 0.29) is 49.5 Å². The highest BCUT2D eigenvalue weighted by Crippen LogP contribution is 2.19. The maximum Gasteiger partial charge on any atom is 0.327 e. The first-order valence-electron chi connectivity index (χ1n) is 19.4. The van der Waals surface area contributed by atoms with E-state index in [0.29, 0.717) is 6.42 Å². The summed E-state index contributed by atoms with van der Waals surface area (Å²) in [7, 11) is 2.88. The van der Waals surface area contributed by atoms with Gasteiger partial charge in [0.2, 0.25) is 23.6 Å². The minimum absolute atomic E-state index is 0.0326. The van der Waals surface area contributed by atoms with Crippen LogP contribution in [0.5, 0.6) is 0 Å². The van der Waals surface area contributed by atoms with E-state index in [1.165, 1.54) is 33.9 Å². The quantitative estimate of drug-likeness (QED) is 0.0454. The van der Waals surface area contributed by atoms with Gasteiger partial charge >= 0.3 is 11.9 Å². The molecule has 0 unspecified atom stereocenters. The molecule has 59 heavy (non-hydrogen) atoms. The lowest BCUT2D eigenvalue weighted by Gasteiger charge is -2.28. The van der Waals surface area contributed by atoms with Gasteiger partial charge in [0, 0.05) is 33.0 Å². The van der Waals surface area contributed by atoms with Crippen molar-refractivity contribution in [2.45, 2.75) is 97.0 Å². The fourth-order valence-electron chi connectivity index (χ4n) is 6.38. The summed E-state index contributed by atoms with van der Waals surface area (Å²) < 4.78 is 5.79. The second kappa shape index (κ2) is 24.0. The summed E-state index contributed by atoms with van der Waals surface area (Å²) >= 11 is 0. The predicted octanol–water partition coefficient (Wildman–Crippen LogP) is 0.973. The number of carboxylic acid groups (broad SMARTS) is 2. The van der Waals surface area contributed by atoms with Crippen LogP contribution in [0.15, 0.2) is 70.9 Å². The molecule has 0 radical (unpaired) electrons. The van der Waals surface area contributed by atoms with Gasteiger partial charge in [-0.25, -0.2) is 9.59 Å². The number of methoxy groups -OCH3 is 1. The number of nitrogens with zero attached hydrogens (tertiary/aromatic N) is 2. The number of amides is 5. The third-order valence-electron chi connectivity index (χ3n) is 10.1. The van der Waals surface area contributed by atoms with Gasteiger partial charge in [0.25, 0.3) is 5.91 Å². The van der Waals surface area contributed by atoms with Crippen molar-refractivity contribution in [2.24, 2.45) is 34.2 Å². The Morgan fingerprint density at radius 2 is 1.61 bits per heavy atom. The van der Waals surface area contributed by atoms with Crippen molar-refractivity contribution in [1.29, 1.82) is 0 Å². The van der Waals surface area contributed by atoms with Crippen LogP contribution in [0.4, 0.5) is 0 Å². The number of carbonyl (C=O) groups is 7. The van der Waals surface area contributed by atoms with Crippen LogP contribution in [0.1, 0.15) is 65.9 Å². The SMILES string of the molecule is CC=C1C(=O)N[C@@H](C(=O)O)[C@H](C)C(=O)N[C@@H](CCCN=C(N)N)C(=O)N[C@@H](C=CC(C)=C[C@H](C)[C@H](Cc2ccccc2)OC)[C@H](C)C(=O)N[C@@H](C(=O)O)CCC(=O)N1C. The highest BCUT2D eigenvalue weighted by atomic mass is 16.5. The number of aliphatic carboxylic acids is 2. The number of guanidine groups is 1. The van der Waals surface area contributed by atoms with Crippen LogP contribution in [0, 0.1) is 17.8 Å². The predicted molar refractivity (Wildman–Crippen MR) is 220 cm³/mol. The maximum atomic E-state index is 14.1. The van der Waals surface area contributed by atoms with Crippen LogP contribution in [-0.2, 0) is 44.7 Å². The molecule has 0 spiro atoms. The molecule has 1 aliphatic rings. The summed E-state index contributed by atoms with van der Waals surface area (Å²) in [5, 5.41) is 30.2. The Morgan fingerprint density at radius 3 is 2.19 bits per heavy atom. The Balaban J connectivity index is 2.63. The third-order valence-corrected chi connectivity index (χ3v) is 10.1. The number of likely N-dealkylation sites (N-methyl/N-ethyl adjacent to an activating group) is 1. The van der Waals surface area contributed by atoms with Gasteiger partial charge in [-0.3, -0.25) is 29.0 Å². The van der Waals surface area contributed by atoms with Gasteiger partial charge in [-0.15, -0.1) is 0 Å². The number of nitrogens with one attached hydrogen (secondary N) is 4. The summed E-state index contributed by atoms with van der Waals surface area (Å²) in [4.78, 5) is 97.5. The number of benzene rings is 1. The molecule has 1 saturated heterocycles. The molecule has 2 rings (SSSR count). The average Bonchev–Trinajstić information content (AvgIpc) is 3.19. The highest BCUT2D eigenvalue weighted by molar-refractivity contribution is 6.00. The van der Waals surface area contributed by atoms with E-state index >= 15 is 0 Å². The number of rotatable bonds is 13. The number of ether oxygens (including phenoxy) is 1. The normalized spacial score (nSPS) is 25.1. The molecule has 0 saturated carbocycles. The van der Waals surface area contributed by atoms with Crippen LogP contribution < -0.4 is 32.7 Å². The Bertz CT molecular complexity index is 1780. The first kappa shape index (κ1) is 49.1. The van der Waals surface area contributed by atoms with E-state index in [0.717, 1.165) is 16.0 Å². The third kappa shape index (κ3) is 15.7. The number of nitrogens with two attached hydrogens (primary N) is 2. The topological polar surface area (TPSA) is 285 Å². The molecular weight excluding hydrogens is 764 g/mol. The molecule has 1 heterocycles. The molecule has 1 aromatic carbocycles. The minimum atomic E-state index is -1.80. The fraction of sp³-hybridized carbons (Fsp3) is 0.512. The lowest BCUT2D eigenvalue weighted by molar-refractivity contribution is -0.146. The molecule has 0 aromatic heterocycles. The van der Waals surface area contributed by atoms with Gasteiger partial charge in [-0.1, -0.05) is 81.0 Å². The molecule has 1 aliphatic heterocycles. The van der Waals surface area contributed by atoms with Crippen molar-refractivity contribution in [3.8, 4) is 0 Å². The largest absolute Gasteiger partial charge is 0.480 e. The number of carboxylic acids is 2. The summed E-state index contributed by atoms with van der Waals surface area (Å²) in [6, 6.07) is 4.12. The van der Waals surface area contributed by atoms with E-state index < -0.39 is 83.9 Å². The van der Waals surface area contributed by atoms with Crippen molar-refractivity contribution >= 4 is 47.4 Å². The second-order valence-corrected chi connectivity index (χ2v) is 14.6. The zero-order valence-electron chi connectivity index (χ0n) is 34.8. The van der Waals surface area contributed by atoms with Crippen LogP contribution in [0.2, 0.25) is 0 Å². The second-order valence-electron chi connectivity index (χ2n) is 14.6. The number of hydrogen-bond donors (Lipinski definition) is 8. The molecule has 1 aromatic rings. The molecule has 0 bridgehead atoms.